The van der Waals surface area contributed by atoms with Gasteiger partial charge in [-0.15, -0.1) is 12.4 Å². The predicted molar refractivity (Wildman–Crippen MR) is 141 cm³/mol. The smallest absolute Gasteiger partial charge is 0.269 e. The van der Waals surface area contributed by atoms with Gasteiger partial charge < -0.3 is 9.88 Å². The Morgan fingerprint density at radius 1 is 1.15 bits per heavy atom. The van der Waals surface area contributed by atoms with Crippen LogP contribution in [0.25, 0.3) is 0 Å². The lowest BCUT2D eigenvalue weighted by atomic mass is 10.0. The maximum absolute atomic E-state index is 13.0. The van der Waals surface area contributed by atoms with Gasteiger partial charge in [0.2, 0.25) is 5.91 Å². The van der Waals surface area contributed by atoms with Gasteiger partial charge in [-0.3, -0.25) is 19.5 Å². The lowest BCUT2D eigenvalue weighted by Gasteiger charge is -2.27. The number of carbonyl (C=O) groups excluding carboxylic acids is 1. The summed E-state index contributed by atoms with van der Waals surface area (Å²) in [4.78, 5) is 31.0. The number of pyridine rings is 1. The largest absolute Gasteiger partial charge is 0.309 e. The summed E-state index contributed by atoms with van der Waals surface area (Å²) >= 11 is 12.8. The van der Waals surface area contributed by atoms with Crippen LogP contribution in [0.3, 0.4) is 0 Å². The topological polar surface area (TPSA) is 66.7 Å². The number of benzene rings is 1. The highest BCUT2D eigenvalue weighted by molar-refractivity contribution is 6.34. The van der Waals surface area contributed by atoms with Crippen molar-refractivity contribution in [1.82, 2.24) is 14.8 Å². The van der Waals surface area contributed by atoms with E-state index in [1.807, 2.05) is 24.3 Å². The Kier molecular flexibility index (Phi) is 9.21. The highest BCUT2D eigenvalue weighted by Crippen LogP contribution is 2.28. The van der Waals surface area contributed by atoms with Gasteiger partial charge in [-0.25, -0.2) is 0 Å². The lowest BCUT2D eigenvalue weighted by Crippen LogP contribution is -2.34. The molecule has 0 radical (unpaired) electrons. The number of nitrogens with one attached hydrogen (secondary N) is 1. The van der Waals surface area contributed by atoms with E-state index in [0.717, 1.165) is 29.8 Å². The van der Waals surface area contributed by atoms with Crippen LogP contribution in [0, 0.1) is 5.92 Å². The Labute approximate surface area is 216 Å². The number of aryl methyl sites for hydroxylation is 1. The van der Waals surface area contributed by atoms with Crippen LogP contribution < -0.4 is 10.9 Å². The second kappa shape index (κ2) is 11.7. The average molecular weight is 526 g/mol. The van der Waals surface area contributed by atoms with Crippen molar-refractivity contribution in [3.8, 4) is 0 Å². The minimum absolute atomic E-state index is 0. The zero-order valence-electron chi connectivity index (χ0n) is 19.5. The molecule has 2 aliphatic rings. The molecule has 1 N–H and O–H groups in total. The first-order chi connectivity index (χ1) is 15.8. The molecule has 0 spiro atoms. The van der Waals surface area contributed by atoms with E-state index in [2.05, 4.69) is 29.1 Å². The predicted octanol–water partition coefficient (Wildman–Crippen LogP) is 4.71. The van der Waals surface area contributed by atoms with Gasteiger partial charge in [0, 0.05) is 24.7 Å². The molecular weight excluding hydrogens is 495 g/mol. The molecule has 1 amide bonds. The minimum atomic E-state index is -0.199. The monoisotopic (exact) mass is 524 g/mol. The number of nitrogens with zero attached hydrogens (tertiary/aromatic N) is 3. The number of hydrogen-bond donors (Lipinski definition) is 1. The molecule has 1 fully saturated rings. The van der Waals surface area contributed by atoms with Gasteiger partial charge in [-0.05, 0) is 49.8 Å². The minimum Gasteiger partial charge on any atom is -0.309 e. The van der Waals surface area contributed by atoms with Crippen molar-refractivity contribution in [2.75, 3.05) is 13.1 Å². The molecule has 0 aliphatic carbocycles. The summed E-state index contributed by atoms with van der Waals surface area (Å²) in [5.74, 6) is 1.14. The Hall–Kier alpha value is -1.86. The van der Waals surface area contributed by atoms with Crippen molar-refractivity contribution in [2.24, 2.45) is 10.9 Å². The van der Waals surface area contributed by atoms with Gasteiger partial charge in [0.05, 0.1) is 10.7 Å². The van der Waals surface area contributed by atoms with Crippen LogP contribution in [0.15, 0.2) is 40.1 Å². The molecule has 4 rings (SSSR count). The second-order valence-electron chi connectivity index (χ2n) is 9.30. The van der Waals surface area contributed by atoms with E-state index < -0.39 is 0 Å². The molecular formula is C25H31Cl3N4O2. The highest BCUT2D eigenvalue weighted by Gasteiger charge is 2.27. The van der Waals surface area contributed by atoms with Crippen molar-refractivity contribution in [2.45, 2.75) is 58.7 Å². The van der Waals surface area contributed by atoms with E-state index >= 15 is 0 Å². The third-order valence-corrected chi connectivity index (χ3v) is 6.99. The molecule has 0 unspecified atom stereocenters. The van der Waals surface area contributed by atoms with E-state index in [1.54, 1.807) is 10.6 Å². The Balaban J connectivity index is 0.00000324. The van der Waals surface area contributed by atoms with Crippen LogP contribution in [-0.4, -0.2) is 40.3 Å². The molecule has 184 valence electrons. The van der Waals surface area contributed by atoms with Crippen LogP contribution >= 0.6 is 35.6 Å². The van der Waals surface area contributed by atoms with Gasteiger partial charge >= 0.3 is 0 Å². The maximum Gasteiger partial charge on any atom is 0.269 e. The molecule has 3 heterocycles. The highest BCUT2D eigenvalue weighted by atomic mass is 35.5. The summed E-state index contributed by atoms with van der Waals surface area (Å²) in [6, 6.07) is 9.98. The number of amides is 1. The number of halogens is 3. The first kappa shape index (κ1) is 26.7. The van der Waals surface area contributed by atoms with Crippen molar-refractivity contribution >= 4 is 47.4 Å². The van der Waals surface area contributed by atoms with E-state index in [1.165, 1.54) is 12.8 Å². The third-order valence-electron chi connectivity index (χ3n) is 6.39. The number of carbonyl (C=O) groups is 1. The van der Waals surface area contributed by atoms with Crippen LogP contribution in [0.1, 0.15) is 49.9 Å². The van der Waals surface area contributed by atoms with Crippen molar-refractivity contribution in [3.63, 3.8) is 0 Å². The van der Waals surface area contributed by atoms with Crippen LogP contribution in [0.2, 0.25) is 10.0 Å². The van der Waals surface area contributed by atoms with Gasteiger partial charge in [0.25, 0.3) is 5.56 Å². The summed E-state index contributed by atoms with van der Waals surface area (Å²) < 4.78 is 1.74. The molecule has 34 heavy (non-hydrogen) atoms. The number of amidine groups is 1. The zero-order valence-corrected chi connectivity index (χ0v) is 21.8. The fourth-order valence-electron chi connectivity index (χ4n) is 4.74. The van der Waals surface area contributed by atoms with Crippen molar-refractivity contribution in [1.29, 1.82) is 0 Å². The molecule has 1 saturated heterocycles. The molecule has 6 nitrogen and oxygen atoms in total. The SMILES string of the molecule is CC(C)C[C@H]1CCCN1Cc1c(Cl)cc(Cl)c(=O)n1CCc1ccc(C2=NCC(=O)N2)cc1.Cl. The van der Waals surface area contributed by atoms with E-state index in [4.69, 9.17) is 23.2 Å². The number of aliphatic imine (C=N–C) groups is 1. The van der Waals surface area contributed by atoms with Gasteiger partial charge in [-0.1, -0.05) is 61.3 Å². The second-order valence-corrected chi connectivity index (χ2v) is 10.1. The third kappa shape index (κ3) is 6.22. The molecule has 9 heteroatoms. The van der Waals surface area contributed by atoms with Gasteiger partial charge in [-0.2, -0.15) is 0 Å². The molecule has 0 saturated carbocycles. The van der Waals surface area contributed by atoms with E-state index in [0.29, 0.717) is 42.3 Å². The number of aromatic nitrogens is 1. The fourth-order valence-corrected chi connectivity index (χ4v) is 5.27. The van der Waals surface area contributed by atoms with Gasteiger partial charge in [0.1, 0.15) is 17.4 Å². The van der Waals surface area contributed by atoms with E-state index in [9.17, 15) is 9.59 Å². The maximum atomic E-state index is 13.0. The van der Waals surface area contributed by atoms with Crippen LogP contribution in [0.5, 0.6) is 0 Å². The molecule has 1 aromatic carbocycles. The van der Waals surface area contributed by atoms with E-state index in [-0.39, 0.29) is 35.4 Å². The number of rotatable bonds is 8. The molecule has 2 aromatic rings. The standard InChI is InChI=1S/C25H30Cl2N4O2.ClH/c1-16(2)12-19-4-3-10-30(19)15-22-20(26)13-21(27)25(33)31(22)11-9-17-5-7-18(8-6-17)24-28-14-23(32)29-24;/h5-8,13,16,19H,3-4,9-12,14-15H2,1-2H3,(H,28,29,32);1H/t19-;/m1./s1. The summed E-state index contributed by atoms with van der Waals surface area (Å²) in [5, 5.41) is 3.45. The van der Waals surface area contributed by atoms with Crippen LogP contribution in [0.4, 0.5) is 0 Å². The average Bonchev–Trinajstić information content (AvgIpc) is 3.40. The van der Waals surface area contributed by atoms with Gasteiger partial charge in [0.15, 0.2) is 0 Å². The first-order valence-corrected chi connectivity index (χ1v) is 12.3. The molecule has 1 aromatic heterocycles. The van der Waals surface area contributed by atoms with Crippen LogP contribution in [-0.2, 0) is 24.3 Å². The summed E-state index contributed by atoms with van der Waals surface area (Å²) in [7, 11) is 0. The fraction of sp³-hybridized carbons (Fsp3) is 0.480. The lowest BCUT2D eigenvalue weighted by molar-refractivity contribution is -0.117. The molecule has 1 atom stereocenters. The molecule has 0 bridgehead atoms. The normalized spacial score (nSPS) is 18.2. The first-order valence-electron chi connectivity index (χ1n) is 11.6. The summed E-state index contributed by atoms with van der Waals surface area (Å²) in [6.07, 6.45) is 4.17. The zero-order chi connectivity index (χ0) is 23.5. The Bertz CT molecular complexity index is 1110. The summed E-state index contributed by atoms with van der Waals surface area (Å²) in [5.41, 5.74) is 2.59. The van der Waals surface area contributed by atoms with Crippen molar-refractivity contribution < 1.29 is 4.79 Å². The Morgan fingerprint density at radius 2 is 1.88 bits per heavy atom. The quantitative estimate of drug-likeness (QED) is 0.543. The summed E-state index contributed by atoms with van der Waals surface area (Å²) in [6.45, 7) is 6.84. The Morgan fingerprint density at radius 3 is 2.53 bits per heavy atom. The van der Waals surface area contributed by atoms with Crippen molar-refractivity contribution in [3.05, 3.63) is 67.6 Å². The number of likely N-dealkylation sites (tertiary alicyclic amines) is 1. The number of hydrogen-bond acceptors (Lipinski definition) is 4. The molecule has 2 aliphatic heterocycles.